The molecule has 126 valence electrons. The summed E-state index contributed by atoms with van der Waals surface area (Å²) in [5.41, 5.74) is 3.46. The van der Waals surface area contributed by atoms with E-state index in [0.29, 0.717) is 0 Å². The van der Waals surface area contributed by atoms with Crippen LogP contribution < -0.4 is 10.2 Å². The van der Waals surface area contributed by atoms with Crippen LogP contribution in [0.4, 0.5) is 17.3 Å². The van der Waals surface area contributed by atoms with Gasteiger partial charge in [-0.3, -0.25) is 4.79 Å². The highest BCUT2D eigenvalue weighted by atomic mass is 16.1. The van der Waals surface area contributed by atoms with Crippen LogP contribution in [0.5, 0.6) is 0 Å². The molecule has 24 heavy (non-hydrogen) atoms. The predicted octanol–water partition coefficient (Wildman–Crippen LogP) is 2.42. The van der Waals surface area contributed by atoms with Crippen LogP contribution in [0.25, 0.3) is 0 Å². The van der Waals surface area contributed by atoms with Crippen molar-refractivity contribution in [3.05, 3.63) is 41.2 Å². The third-order valence-corrected chi connectivity index (χ3v) is 4.35. The van der Waals surface area contributed by atoms with E-state index in [2.05, 4.69) is 52.2 Å². The second-order valence-corrected chi connectivity index (χ2v) is 6.18. The summed E-state index contributed by atoms with van der Waals surface area (Å²) in [6.07, 6.45) is 0.913. The summed E-state index contributed by atoms with van der Waals surface area (Å²) >= 11 is 0. The molecule has 2 aromatic rings. The first kappa shape index (κ1) is 16.2. The summed E-state index contributed by atoms with van der Waals surface area (Å²) in [5, 5.41) is 3.44. The number of aromatic nitrogens is 2. The van der Waals surface area contributed by atoms with Gasteiger partial charge in [0.25, 0.3) is 0 Å². The molecule has 1 amide bonds. The molecule has 0 bridgehead atoms. The molecule has 0 unspecified atom stereocenters. The summed E-state index contributed by atoms with van der Waals surface area (Å²) in [6.45, 7) is 9.11. The lowest BCUT2D eigenvalue weighted by molar-refractivity contribution is -0.118. The van der Waals surface area contributed by atoms with Crippen molar-refractivity contribution in [2.24, 2.45) is 0 Å². The van der Waals surface area contributed by atoms with Gasteiger partial charge in [0, 0.05) is 37.9 Å². The number of nitrogens with zero attached hydrogens (tertiary/aromatic N) is 4. The number of carbonyl (C=O) groups is 1. The van der Waals surface area contributed by atoms with E-state index >= 15 is 0 Å². The van der Waals surface area contributed by atoms with Gasteiger partial charge in [0.15, 0.2) is 0 Å². The van der Waals surface area contributed by atoms with Gasteiger partial charge >= 0.3 is 0 Å². The number of nitrogens with one attached hydrogen (secondary N) is 1. The van der Waals surface area contributed by atoms with Gasteiger partial charge in [0.05, 0.1) is 0 Å². The standard InChI is InChI=1S/C18H23N5O/c1-13-5-4-6-14(2)18(13)21-16-11-17(20-15(3)19-16)23-9-7-22(12-24)8-10-23/h4-6,11-12H,7-10H2,1-3H3,(H,19,20,21). The van der Waals surface area contributed by atoms with Crippen LogP contribution >= 0.6 is 0 Å². The van der Waals surface area contributed by atoms with Crippen molar-refractivity contribution < 1.29 is 4.79 Å². The van der Waals surface area contributed by atoms with Crippen molar-refractivity contribution in [2.75, 3.05) is 36.4 Å². The highest BCUT2D eigenvalue weighted by Crippen LogP contribution is 2.25. The topological polar surface area (TPSA) is 61.4 Å². The zero-order valence-electron chi connectivity index (χ0n) is 14.4. The lowest BCUT2D eigenvalue weighted by Crippen LogP contribution is -2.46. The number of amides is 1. The fraction of sp³-hybridized carbons (Fsp3) is 0.389. The van der Waals surface area contributed by atoms with Crippen molar-refractivity contribution >= 4 is 23.7 Å². The molecule has 1 saturated heterocycles. The van der Waals surface area contributed by atoms with E-state index in [-0.39, 0.29) is 0 Å². The van der Waals surface area contributed by atoms with Gasteiger partial charge in [-0.25, -0.2) is 9.97 Å². The smallest absolute Gasteiger partial charge is 0.209 e. The Labute approximate surface area is 142 Å². The van der Waals surface area contributed by atoms with Gasteiger partial charge in [-0.2, -0.15) is 0 Å². The maximum atomic E-state index is 10.9. The Morgan fingerprint density at radius 1 is 1.04 bits per heavy atom. The van der Waals surface area contributed by atoms with Gasteiger partial charge in [-0.05, 0) is 31.9 Å². The van der Waals surface area contributed by atoms with E-state index in [1.165, 1.54) is 11.1 Å². The van der Waals surface area contributed by atoms with Gasteiger partial charge < -0.3 is 15.1 Å². The third kappa shape index (κ3) is 3.48. The number of para-hydroxylation sites is 1. The Morgan fingerprint density at radius 3 is 2.33 bits per heavy atom. The Kier molecular flexibility index (Phi) is 4.64. The monoisotopic (exact) mass is 325 g/mol. The second-order valence-electron chi connectivity index (χ2n) is 6.18. The average molecular weight is 325 g/mol. The molecule has 0 saturated carbocycles. The minimum atomic E-state index is 0.728. The van der Waals surface area contributed by atoms with Gasteiger partial charge in [-0.1, -0.05) is 18.2 Å². The Hall–Kier alpha value is -2.63. The molecule has 0 spiro atoms. The molecule has 1 aliphatic heterocycles. The number of carbonyl (C=O) groups excluding carboxylic acids is 1. The molecule has 0 atom stereocenters. The van der Waals surface area contributed by atoms with Crippen LogP contribution in [0.15, 0.2) is 24.3 Å². The molecular formula is C18H23N5O. The second kappa shape index (κ2) is 6.86. The zero-order chi connectivity index (χ0) is 17.1. The molecule has 2 heterocycles. The fourth-order valence-electron chi connectivity index (χ4n) is 2.97. The van der Waals surface area contributed by atoms with Crippen LogP contribution in [0.1, 0.15) is 17.0 Å². The van der Waals surface area contributed by atoms with Crippen LogP contribution in [0.2, 0.25) is 0 Å². The lowest BCUT2D eigenvalue weighted by atomic mass is 10.1. The third-order valence-electron chi connectivity index (χ3n) is 4.35. The highest BCUT2D eigenvalue weighted by Gasteiger charge is 2.18. The highest BCUT2D eigenvalue weighted by molar-refractivity contribution is 5.66. The number of hydrogen-bond donors (Lipinski definition) is 1. The first-order valence-electron chi connectivity index (χ1n) is 8.20. The van der Waals surface area contributed by atoms with E-state index in [9.17, 15) is 4.79 Å². The molecule has 1 aromatic carbocycles. The van der Waals surface area contributed by atoms with Crippen molar-refractivity contribution in [1.29, 1.82) is 0 Å². The molecule has 3 rings (SSSR count). The molecule has 6 heteroatoms. The Balaban J connectivity index is 1.83. The largest absolute Gasteiger partial charge is 0.353 e. The van der Waals surface area contributed by atoms with Crippen LogP contribution in [-0.4, -0.2) is 47.5 Å². The summed E-state index contributed by atoms with van der Waals surface area (Å²) in [7, 11) is 0. The van der Waals surface area contributed by atoms with E-state index in [4.69, 9.17) is 0 Å². The van der Waals surface area contributed by atoms with Crippen LogP contribution in [-0.2, 0) is 4.79 Å². The van der Waals surface area contributed by atoms with Gasteiger partial charge in [0.1, 0.15) is 17.5 Å². The first-order valence-corrected chi connectivity index (χ1v) is 8.20. The summed E-state index contributed by atoms with van der Waals surface area (Å²) in [6, 6.07) is 8.21. The average Bonchev–Trinajstić information content (AvgIpc) is 2.58. The molecule has 0 radical (unpaired) electrons. The SMILES string of the molecule is Cc1nc(Nc2c(C)cccc2C)cc(N2CCN(C=O)CC2)n1. The Bertz CT molecular complexity index is 718. The number of benzene rings is 1. The minimum Gasteiger partial charge on any atom is -0.353 e. The van der Waals surface area contributed by atoms with Crippen molar-refractivity contribution in [3.63, 3.8) is 0 Å². The number of anilines is 3. The number of aryl methyl sites for hydroxylation is 3. The minimum absolute atomic E-state index is 0.728. The normalized spacial score (nSPS) is 14.6. The molecule has 1 aromatic heterocycles. The summed E-state index contributed by atoms with van der Waals surface area (Å²) < 4.78 is 0. The molecule has 1 N–H and O–H groups in total. The first-order chi connectivity index (χ1) is 11.6. The van der Waals surface area contributed by atoms with Crippen LogP contribution in [0.3, 0.4) is 0 Å². The lowest BCUT2D eigenvalue weighted by Gasteiger charge is -2.33. The van der Waals surface area contributed by atoms with Crippen LogP contribution in [0, 0.1) is 20.8 Å². The van der Waals surface area contributed by atoms with Gasteiger partial charge in [0.2, 0.25) is 6.41 Å². The fourth-order valence-corrected chi connectivity index (χ4v) is 2.97. The number of rotatable bonds is 4. The Morgan fingerprint density at radius 2 is 1.71 bits per heavy atom. The van der Waals surface area contributed by atoms with E-state index < -0.39 is 0 Å². The number of piperazine rings is 1. The van der Waals surface area contributed by atoms with E-state index in [1.807, 2.05) is 13.0 Å². The predicted molar refractivity (Wildman–Crippen MR) is 95.8 cm³/mol. The maximum absolute atomic E-state index is 10.9. The molecular weight excluding hydrogens is 302 g/mol. The number of hydrogen-bond acceptors (Lipinski definition) is 5. The molecule has 1 aliphatic rings. The summed E-state index contributed by atoms with van der Waals surface area (Å²) in [5.74, 6) is 2.44. The summed E-state index contributed by atoms with van der Waals surface area (Å²) in [4.78, 5) is 23.9. The van der Waals surface area contributed by atoms with Crippen molar-refractivity contribution in [1.82, 2.24) is 14.9 Å². The molecule has 0 aliphatic carbocycles. The van der Waals surface area contributed by atoms with Crippen molar-refractivity contribution in [2.45, 2.75) is 20.8 Å². The van der Waals surface area contributed by atoms with Gasteiger partial charge in [-0.15, -0.1) is 0 Å². The zero-order valence-corrected chi connectivity index (χ0v) is 14.4. The molecule has 1 fully saturated rings. The van der Waals surface area contributed by atoms with E-state index in [0.717, 1.165) is 55.7 Å². The van der Waals surface area contributed by atoms with E-state index in [1.54, 1.807) is 4.90 Å². The van der Waals surface area contributed by atoms with Crippen molar-refractivity contribution in [3.8, 4) is 0 Å². The quantitative estimate of drug-likeness (QED) is 0.875. The molecule has 6 nitrogen and oxygen atoms in total. The maximum Gasteiger partial charge on any atom is 0.209 e.